The van der Waals surface area contributed by atoms with Gasteiger partial charge in [0.25, 0.3) is 0 Å². The number of ether oxygens (including phenoxy) is 1. The van der Waals surface area contributed by atoms with Crippen LogP contribution < -0.4 is 0 Å². The number of rotatable bonds is 7. The Labute approximate surface area is 106 Å². The fourth-order valence-electron chi connectivity index (χ4n) is 1.42. The number of halogens is 1. The minimum Gasteiger partial charge on any atom is -0.380 e. The highest BCUT2D eigenvalue weighted by molar-refractivity contribution is 9.10. The van der Waals surface area contributed by atoms with Crippen molar-refractivity contribution in [1.82, 2.24) is 9.88 Å². The lowest BCUT2D eigenvalue weighted by Gasteiger charge is -2.19. The second-order valence-electron chi connectivity index (χ2n) is 3.53. The molecular weight excluding hydrogens is 268 g/mol. The molecule has 0 aliphatic carbocycles. The summed E-state index contributed by atoms with van der Waals surface area (Å²) < 4.78 is 6.37. The molecule has 0 atom stereocenters. The van der Waals surface area contributed by atoms with E-state index in [1.165, 1.54) is 0 Å². The zero-order valence-electron chi connectivity index (χ0n) is 9.95. The summed E-state index contributed by atoms with van der Waals surface area (Å²) in [4.78, 5) is 6.69. The summed E-state index contributed by atoms with van der Waals surface area (Å²) in [5.74, 6) is 0. The number of aromatic nitrogens is 1. The fraction of sp³-hybridized carbons (Fsp3) is 0.583. The van der Waals surface area contributed by atoms with Gasteiger partial charge in [-0.05, 0) is 41.5 Å². The maximum Gasteiger partial charge on any atom is 0.0593 e. The molecule has 1 heterocycles. The first-order chi connectivity index (χ1) is 7.76. The average Bonchev–Trinajstić information content (AvgIpc) is 2.31. The van der Waals surface area contributed by atoms with Crippen molar-refractivity contribution in [2.45, 2.75) is 20.4 Å². The summed E-state index contributed by atoms with van der Waals surface area (Å²) in [6.45, 7) is 8.62. The van der Waals surface area contributed by atoms with Crippen LogP contribution in [0.2, 0.25) is 0 Å². The number of pyridine rings is 1. The second kappa shape index (κ2) is 7.76. The highest BCUT2D eigenvalue weighted by atomic mass is 79.9. The minimum absolute atomic E-state index is 0.786. The SMILES string of the molecule is CCOCCN(CC)Cc1ccc(Br)cn1. The lowest BCUT2D eigenvalue weighted by Crippen LogP contribution is -2.27. The maximum absolute atomic E-state index is 5.35. The predicted molar refractivity (Wildman–Crippen MR) is 69.4 cm³/mol. The predicted octanol–water partition coefficient (Wildman–Crippen LogP) is 2.70. The summed E-state index contributed by atoms with van der Waals surface area (Å²) >= 11 is 3.38. The molecule has 0 aliphatic heterocycles. The van der Waals surface area contributed by atoms with Crippen LogP contribution in [0, 0.1) is 0 Å². The number of likely N-dealkylation sites (N-methyl/N-ethyl adjacent to an activating group) is 1. The first-order valence-corrected chi connectivity index (χ1v) is 6.46. The molecule has 3 nitrogen and oxygen atoms in total. The molecule has 0 aromatic carbocycles. The van der Waals surface area contributed by atoms with Crippen molar-refractivity contribution >= 4 is 15.9 Å². The van der Waals surface area contributed by atoms with Crippen LogP contribution in [0.3, 0.4) is 0 Å². The topological polar surface area (TPSA) is 25.4 Å². The standard InChI is InChI=1S/C12H19BrN2O/c1-3-15(7-8-16-4-2)10-12-6-5-11(13)9-14-12/h5-6,9H,3-4,7-8,10H2,1-2H3. The van der Waals surface area contributed by atoms with Gasteiger partial charge in [0, 0.05) is 30.4 Å². The first-order valence-electron chi connectivity index (χ1n) is 5.66. The molecule has 4 heteroatoms. The Morgan fingerprint density at radius 3 is 2.75 bits per heavy atom. The van der Waals surface area contributed by atoms with Crippen molar-refractivity contribution in [3.05, 3.63) is 28.5 Å². The van der Waals surface area contributed by atoms with Crippen LogP contribution in [0.5, 0.6) is 0 Å². The van der Waals surface area contributed by atoms with Gasteiger partial charge in [0.1, 0.15) is 0 Å². The zero-order chi connectivity index (χ0) is 11.8. The Hall–Kier alpha value is -0.450. The van der Waals surface area contributed by atoms with Gasteiger partial charge >= 0.3 is 0 Å². The van der Waals surface area contributed by atoms with Crippen LogP contribution >= 0.6 is 15.9 Å². The molecule has 0 spiro atoms. The van der Waals surface area contributed by atoms with Gasteiger partial charge < -0.3 is 4.74 Å². The highest BCUT2D eigenvalue weighted by Gasteiger charge is 2.04. The van der Waals surface area contributed by atoms with Crippen LogP contribution in [-0.2, 0) is 11.3 Å². The Morgan fingerprint density at radius 2 is 2.19 bits per heavy atom. The molecule has 0 N–H and O–H groups in total. The minimum atomic E-state index is 0.786. The van der Waals surface area contributed by atoms with Crippen molar-refractivity contribution in [2.24, 2.45) is 0 Å². The first kappa shape index (κ1) is 13.6. The molecule has 16 heavy (non-hydrogen) atoms. The molecule has 0 aliphatic rings. The van der Waals surface area contributed by atoms with Crippen LogP contribution in [0.1, 0.15) is 19.5 Å². The van der Waals surface area contributed by atoms with Gasteiger partial charge in [-0.2, -0.15) is 0 Å². The summed E-state index contributed by atoms with van der Waals surface area (Å²) in [5, 5.41) is 0. The molecule has 0 fully saturated rings. The number of hydrogen-bond donors (Lipinski definition) is 0. The fourth-order valence-corrected chi connectivity index (χ4v) is 1.65. The quantitative estimate of drug-likeness (QED) is 0.721. The Morgan fingerprint density at radius 1 is 1.38 bits per heavy atom. The Kier molecular flexibility index (Phi) is 6.61. The normalized spacial score (nSPS) is 11.0. The van der Waals surface area contributed by atoms with Gasteiger partial charge in [0.15, 0.2) is 0 Å². The molecule has 0 unspecified atom stereocenters. The van der Waals surface area contributed by atoms with Crippen LogP contribution in [0.25, 0.3) is 0 Å². The number of nitrogens with zero attached hydrogens (tertiary/aromatic N) is 2. The molecule has 0 saturated carbocycles. The van der Waals surface area contributed by atoms with Crippen LogP contribution in [0.4, 0.5) is 0 Å². The molecule has 1 aromatic heterocycles. The monoisotopic (exact) mass is 286 g/mol. The highest BCUT2D eigenvalue weighted by Crippen LogP contribution is 2.08. The molecule has 0 amide bonds. The van der Waals surface area contributed by atoms with E-state index in [-0.39, 0.29) is 0 Å². The van der Waals surface area contributed by atoms with E-state index >= 15 is 0 Å². The van der Waals surface area contributed by atoms with Crippen molar-refractivity contribution < 1.29 is 4.74 Å². The Balaban J connectivity index is 2.40. The molecule has 1 aromatic rings. The summed E-state index contributed by atoms with van der Waals surface area (Å²) in [6.07, 6.45) is 1.84. The third-order valence-corrected chi connectivity index (χ3v) is 2.85. The van der Waals surface area contributed by atoms with Crippen molar-refractivity contribution in [1.29, 1.82) is 0 Å². The molecule has 0 saturated heterocycles. The van der Waals surface area contributed by atoms with E-state index in [1.807, 2.05) is 25.3 Å². The van der Waals surface area contributed by atoms with Crippen LogP contribution in [0.15, 0.2) is 22.8 Å². The summed E-state index contributed by atoms with van der Waals surface area (Å²) in [7, 11) is 0. The maximum atomic E-state index is 5.35. The van der Waals surface area contributed by atoms with Crippen molar-refractivity contribution in [3.8, 4) is 0 Å². The van der Waals surface area contributed by atoms with E-state index in [1.54, 1.807) is 0 Å². The molecule has 90 valence electrons. The molecule has 0 radical (unpaired) electrons. The van der Waals surface area contributed by atoms with E-state index in [9.17, 15) is 0 Å². The smallest absolute Gasteiger partial charge is 0.0593 e. The average molecular weight is 287 g/mol. The van der Waals surface area contributed by atoms with Gasteiger partial charge in [-0.25, -0.2) is 0 Å². The zero-order valence-corrected chi connectivity index (χ0v) is 11.5. The number of hydrogen-bond acceptors (Lipinski definition) is 3. The largest absolute Gasteiger partial charge is 0.380 e. The van der Waals surface area contributed by atoms with E-state index in [0.717, 1.165) is 43.0 Å². The summed E-state index contributed by atoms with van der Waals surface area (Å²) in [6, 6.07) is 4.08. The van der Waals surface area contributed by atoms with Gasteiger partial charge in [-0.3, -0.25) is 9.88 Å². The third-order valence-electron chi connectivity index (χ3n) is 2.38. The van der Waals surface area contributed by atoms with Gasteiger partial charge in [-0.15, -0.1) is 0 Å². The second-order valence-corrected chi connectivity index (χ2v) is 4.45. The van der Waals surface area contributed by atoms with Gasteiger partial charge in [-0.1, -0.05) is 6.92 Å². The van der Waals surface area contributed by atoms with E-state index in [2.05, 4.69) is 32.7 Å². The third kappa shape index (κ3) is 5.05. The molecule has 1 rings (SSSR count). The van der Waals surface area contributed by atoms with E-state index in [4.69, 9.17) is 4.74 Å². The lowest BCUT2D eigenvalue weighted by atomic mass is 10.3. The van der Waals surface area contributed by atoms with Crippen molar-refractivity contribution in [3.63, 3.8) is 0 Å². The Bertz CT molecular complexity index is 290. The molecular formula is C12H19BrN2O. The van der Waals surface area contributed by atoms with Gasteiger partial charge in [0.05, 0.1) is 12.3 Å². The van der Waals surface area contributed by atoms with E-state index < -0.39 is 0 Å². The van der Waals surface area contributed by atoms with E-state index in [0.29, 0.717) is 0 Å². The van der Waals surface area contributed by atoms with Crippen LogP contribution in [-0.4, -0.2) is 36.2 Å². The lowest BCUT2D eigenvalue weighted by molar-refractivity contribution is 0.112. The summed E-state index contributed by atoms with van der Waals surface area (Å²) in [5.41, 5.74) is 1.10. The van der Waals surface area contributed by atoms with Crippen molar-refractivity contribution in [2.75, 3.05) is 26.3 Å². The van der Waals surface area contributed by atoms with Gasteiger partial charge in [0.2, 0.25) is 0 Å². The molecule has 0 bridgehead atoms.